The van der Waals surface area contributed by atoms with Crippen molar-refractivity contribution in [3.8, 4) is 0 Å². The fourth-order valence-corrected chi connectivity index (χ4v) is 2.96. The Morgan fingerprint density at radius 2 is 2.25 bits per heavy atom. The summed E-state index contributed by atoms with van der Waals surface area (Å²) in [5, 5.41) is 14.4. The van der Waals surface area contributed by atoms with Gasteiger partial charge in [0.2, 0.25) is 0 Å². The zero-order chi connectivity index (χ0) is 14.7. The third-order valence-corrected chi connectivity index (χ3v) is 4.25. The molecular weight excluding hydrogens is 254 g/mol. The molecule has 0 radical (unpaired) electrons. The van der Waals surface area contributed by atoms with Gasteiger partial charge in [-0.2, -0.15) is 0 Å². The second kappa shape index (κ2) is 6.22. The van der Waals surface area contributed by atoms with Gasteiger partial charge in [-0.25, -0.2) is 0 Å². The van der Waals surface area contributed by atoms with E-state index in [0.29, 0.717) is 17.5 Å². The standard InChI is InChI=1S/C15H23N3O2/c1-11-14(7-4-8-15(11)18(19)20)16-12(2)13-6-5-9-17(3)10-13/h4,7-8,12-13,16H,5-6,9-10H2,1-3H3. The SMILES string of the molecule is Cc1c(NC(C)C2CCCN(C)C2)cccc1[N+](=O)[O-]. The molecule has 1 aromatic carbocycles. The minimum atomic E-state index is -0.320. The summed E-state index contributed by atoms with van der Waals surface area (Å²) >= 11 is 0. The highest BCUT2D eigenvalue weighted by molar-refractivity contribution is 5.60. The monoisotopic (exact) mass is 277 g/mol. The smallest absolute Gasteiger partial charge is 0.274 e. The molecule has 5 heteroatoms. The van der Waals surface area contributed by atoms with Gasteiger partial charge in [0.1, 0.15) is 0 Å². The lowest BCUT2D eigenvalue weighted by Crippen LogP contribution is -2.39. The summed E-state index contributed by atoms with van der Waals surface area (Å²) in [6, 6.07) is 5.54. The van der Waals surface area contributed by atoms with Crippen LogP contribution in [-0.4, -0.2) is 36.0 Å². The molecule has 0 spiro atoms. The highest BCUT2D eigenvalue weighted by Crippen LogP contribution is 2.28. The molecular formula is C15H23N3O2. The van der Waals surface area contributed by atoms with Crippen molar-refractivity contribution in [1.82, 2.24) is 4.90 Å². The van der Waals surface area contributed by atoms with Gasteiger partial charge in [0.05, 0.1) is 4.92 Å². The lowest BCUT2D eigenvalue weighted by atomic mass is 9.91. The lowest BCUT2D eigenvalue weighted by Gasteiger charge is -2.34. The first-order valence-electron chi connectivity index (χ1n) is 7.18. The van der Waals surface area contributed by atoms with Crippen molar-refractivity contribution in [2.45, 2.75) is 32.7 Å². The van der Waals surface area contributed by atoms with Crippen molar-refractivity contribution < 1.29 is 4.92 Å². The molecule has 1 aliphatic heterocycles. The Morgan fingerprint density at radius 3 is 2.90 bits per heavy atom. The first-order chi connectivity index (χ1) is 9.49. The molecule has 1 fully saturated rings. The van der Waals surface area contributed by atoms with Crippen LogP contribution in [0.15, 0.2) is 18.2 Å². The number of rotatable bonds is 4. The summed E-state index contributed by atoms with van der Waals surface area (Å²) < 4.78 is 0. The molecule has 1 saturated heterocycles. The Kier molecular flexibility index (Phi) is 4.60. The number of anilines is 1. The van der Waals surface area contributed by atoms with E-state index in [9.17, 15) is 10.1 Å². The molecule has 2 atom stereocenters. The van der Waals surface area contributed by atoms with E-state index in [1.54, 1.807) is 19.1 Å². The van der Waals surface area contributed by atoms with E-state index in [0.717, 1.165) is 12.2 Å². The number of nitro groups is 1. The first-order valence-corrected chi connectivity index (χ1v) is 7.18. The highest BCUT2D eigenvalue weighted by atomic mass is 16.6. The van der Waals surface area contributed by atoms with Gasteiger partial charge in [0.25, 0.3) is 5.69 Å². The van der Waals surface area contributed by atoms with Crippen molar-refractivity contribution in [3.63, 3.8) is 0 Å². The van der Waals surface area contributed by atoms with Crippen LogP contribution in [-0.2, 0) is 0 Å². The number of nitro benzene ring substituents is 1. The zero-order valence-electron chi connectivity index (χ0n) is 12.4. The number of likely N-dealkylation sites (tertiary alicyclic amines) is 1. The third-order valence-electron chi connectivity index (χ3n) is 4.25. The maximum Gasteiger partial charge on any atom is 0.274 e. The predicted octanol–water partition coefficient (Wildman–Crippen LogP) is 3.05. The van der Waals surface area contributed by atoms with Crippen LogP contribution in [0.2, 0.25) is 0 Å². The van der Waals surface area contributed by atoms with E-state index in [1.807, 2.05) is 6.07 Å². The van der Waals surface area contributed by atoms with Gasteiger partial charge < -0.3 is 10.2 Å². The summed E-state index contributed by atoms with van der Waals surface area (Å²) in [5.74, 6) is 0.590. The average Bonchev–Trinajstić information content (AvgIpc) is 2.40. The van der Waals surface area contributed by atoms with Gasteiger partial charge in [-0.05, 0) is 52.3 Å². The molecule has 1 heterocycles. The molecule has 0 saturated carbocycles. The molecule has 20 heavy (non-hydrogen) atoms. The largest absolute Gasteiger partial charge is 0.382 e. The molecule has 0 bridgehead atoms. The molecule has 1 aromatic rings. The van der Waals surface area contributed by atoms with Crippen LogP contribution in [0, 0.1) is 23.0 Å². The molecule has 5 nitrogen and oxygen atoms in total. The minimum Gasteiger partial charge on any atom is -0.382 e. The topological polar surface area (TPSA) is 58.4 Å². The van der Waals surface area contributed by atoms with Crippen molar-refractivity contribution >= 4 is 11.4 Å². The Labute approximate surface area is 120 Å². The lowest BCUT2D eigenvalue weighted by molar-refractivity contribution is -0.385. The molecule has 110 valence electrons. The van der Waals surface area contributed by atoms with Crippen molar-refractivity contribution in [1.29, 1.82) is 0 Å². The first kappa shape index (κ1) is 14.8. The van der Waals surface area contributed by atoms with Crippen molar-refractivity contribution in [2.24, 2.45) is 5.92 Å². The zero-order valence-corrected chi connectivity index (χ0v) is 12.4. The third kappa shape index (κ3) is 3.28. The van der Waals surface area contributed by atoms with Crippen LogP contribution in [0.3, 0.4) is 0 Å². The average molecular weight is 277 g/mol. The summed E-state index contributed by atoms with van der Waals surface area (Å²) in [5.41, 5.74) is 1.77. The van der Waals surface area contributed by atoms with Crippen LogP contribution in [0.4, 0.5) is 11.4 Å². The highest BCUT2D eigenvalue weighted by Gasteiger charge is 2.23. The van der Waals surface area contributed by atoms with E-state index in [4.69, 9.17) is 0 Å². The molecule has 2 rings (SSSR count). The Morgan fingerprint density at radius 1 is 1.50 bits per heavy atom. The Balaban J connectivity index is 2.09. The van der Waals surface area contributed by atoms with Gasteiger partial charge in [0.15, 0.2) is 0 Å². The predicted molar refractivity (Wildman–Crippen MR) is 81.1 cm³/mol. The number of benzene rings is 1. The second-order valence-corrected chi connectivity index (χ2v) is 5.80. The number of piperidine rings is 1. The normalized spacial score (nSPS) is 21.4. The summed E-state index contributed by atoms with van der Waals surface area (Å²) in [7, 11) is 2.15. The summed E-state index contributed by atoms with van der Waals surface area (Å²) in [6.07, 6.45) is 2.44. The Bertz CT molecular complexity index is 490. The molecule has 0 amide bonds. The fourth-order valence-electron chi connectivity index (χ4n) is 2.96. The van der Waals surface area contributed by atoms with Crippen LogP contribution in [0.5, 0.6) is 0 Å². The van der Waals surface area contributed by atoms with Gasteiger partial charge in [-0.1, -0.05) is 6.07 Å². The number of hydrogen-bond acceptors (Lipinski definition) is 4. The fraction of sp³-hybridized carbons (Fsp3) is 0.600. The van der Waals surface area contributed by atoms with Gasteiger partial charge in [0, 0.05) is 29.9 Å². The quantitative estimate of drug-likeness (QED) is 0.679. The maximum absolute atomic E-state index is 11.0. The van der Waals surface area contributed by atoms with Crippen LogP contribution in [0.25, 0.3) is 0 Å². The van der Waals surface area contributed by atoms with Crippen LogP contribution >= 0.6 is 0 Å². The Hall–Kier alpha value is -1.62. The molecule has 0 aromatic heterocycles. The van der Waals surface area contributed by atoms with Gasteiger partial charge >= 0.3 is 0 Å². The number of nitrogens with one attached hydrogen (secondary N) is 1. The molecule has 1 aliphatic rings. The maximum atomic E-state index is 11.0. The number of nitrogens with zero attached hydrogens (tertiary/aromatic N) is 2. The van der Waals surface area contributed by atoms with E-state index < -0.39 is 0 Å². The van der Waals surface area contributed by atoms with Gasteiger partial charge in [-0.3, -0.25) is 10.1 Å². The molecule has 1 N–H and O–H groups in total. The summed E-state index contributed by atoms with van der Waals surface area (Å²) in [4.78, 5) is 13.0. The van der Waals surface area contributed by atoms with E-state index >= 15 is 0 Å². The van der Waals surface area contributed by atoms with Crippen LogP contribution < -0.4 is 5.32 Å². The van der Waals surface area contributed by atoms with E-state index in [1.165, 1.54) is 19.4 Å². The number of hydrogen-bond donors (Lipinski definition) is 1. The van der Waals surface area contributed by atoms with Crippen molar-refractivity contribution in [3.05, 3.63) is 33.9 Å². The molecule has 2 unspecified atom stereocenters. The van der Waals surface area contributed by atoms with Gasteiger partial charge in [-0.15, -0.1) is 0 Å². The van der Waals surface area contributed by atoms with Crippen LogP contribution in [0.1, 0.15) is 25.3 Å². The second-order valence-electron chi connectivity index (χ2n) is 5.80. The minimum absolute atomic E-state index is 0.183. The summed E-state index contributed by atoms with van der Waals surface area (Å²) in [6.45, 7) is 6.23. The molecule has 0 aliphatic carbocycles. The van der Waals surface area contributed by atoms with E-state index in [2.05, 4.69) is 24.2 Å². The van der Waals surface area contributed by atoms with Crippen molar-refractivity contribution in [2.75, 3.05) is 25.5 Å². The van der Waals surface area contributed by atoms with E-state index in [-0.39, 0.29) is 10.6 Å².